The van der Waals surface area contributed by atoms with Crippen molar-refractivity contribution >= 4 is 11.6 Å². The summed E-state index contributed by atoms with van der Waals surface area (Å²) in [6, 6.07) is 3.19. The van der Waals surface area contributed by atoms with E-state index in [4.69, 9.17) is 16.7 Å². The average Bonchev–Trinajstić information content (AvgIpc) is 2.01. The van der Waals surface area contributed by atoms with Crippen LogP contribution in [0.15, 0.2) is 18.2 Å². The number of halogens is 4. The van der Waals surface area contributed by atoms with Crippen molar-refractivity contribution < 1.29 is 18.3 Å². The molecule has 0 fully saturated rings. The van der Waals surface area contributed by atoms with Crippen LogP contribution in [-0.2, 0) is 6.18 Å². The highest BCUT2D eigenvalue weighted by molar-refractivity contribution is 6.31. The van der Waals surface area contributed by atoms with Gasteiger partial charge in [0.1, 0.15) is 0 Å². The predicted octanol–water partition coefficient (Wildman–Crippen LogP) is 3.41. The lowest BCUT2D eigenvalue weighted by Gasteiger charge is -2.11. The summed E-state index contributed by atoms with van der Waals surface area (Å²) in [7, 11) is 0. The predicted molar refractivity (Wildman–Crippen MR) is 47.1 cm³/mol. The molecule has 0 spiro atoms. The molecule has 1 aromatic rings. The summed E-state index contributed by atoms with van der Waals surface area (Å²) in [4.78, 5) is 0. The van der Waals surface area contributed by atoms with Gasteiger partial charge in [-0.15, -0.1) is 0 Å². The smallest absolute Gasteiger partial charge is 0.389 e. The fourth-order valence-corrected chi connectivity index (χ4v) is 1.32. The molecule has 5 heteroatoms. The summed E-state index contributed by atoms with van der Waals surface area (Å²) in [5.41, 5.74) is -0.522. The largest absolute Gasteiger partial charge is 0.417 e. The molecule has 1 atom stereocenters. The molecule has 0 heterocycles. The van der Waals surface area contributed by atoms with Gasteiger partial charge in [0.05, 0.1) is 16.7 Å². The minimum absolute atomic E-state index is 0.364. The van der Waals surface area contributed by atoms with E-state index in [1.807, 2.05) is 0 Å². The first-order chi connectivity index (χ1) is 6.32. The van der Waals surface area contributed by atoms with Gasteiger partial charge in [0.15, 0.2) is 0 Å². The molecule has 1 rings (SSSR count). The van der Waals surface area contributed by atoms with Crippen LogP contribution in [0.5, 0.6) is 0 Å². The Labute approximate surface area is 84.1 Å². The van der Waals surface area contributed by atoms with Crippen molar-refractivity contribution in [2.24, 2.45) is 0 Å². The van der Waals surface area contributed by atoms with Gasteiger partial charge in [0.2, 0.25) is 0 Å². The van der Waals surface area contributed by atoms with Crippen LogP contribution in [0.3, 0.4) is 0 Å². The molecule has 0 saturated heterocycles. The number of hydrogen-bond donors (Lipinski definition) is 1. The van der Waals surface area contributed by atoms with Gasteiger partial charge in [0, 0.05) is 0 Å². The van der Waals surface area contributed by atoms with Gasteiger partial charge in [-0.3, -0.25) is 0 Å². The molecule has 1 N–H and O–H groups in total. The quantitative estimate of drug-likeness (QED) is 0.775. The van der Waals surface area contributed by atoms with Crippen LogP contribution in [0, 0.1) is 0 Å². The summed E-state index contributed by atoms with van der Waals surface area (Å²) in [5, 5.41) is 8.71. The molecule has 0 aromatic heterocycles. The molecular formula is C9H8ClF3O. The van der Waals surface area contributed by atoms with E-state index >= 15 is 0 Å². The Kier molecular flexibility index (Phi) is 3.07. The van der Waals surface area contributed by atoms with E-state index < -0.39 is 22.9 Å². The van der Waals surface area contributed by atoms with Crippen molar-refractivity contribution in [1.82, 2.24) is 0 Å². The Balaban J connectivity index is 3.15. The third-order valence-electron chi connectivity index (χ3n) is 1.78. The molecule has 0 aliphatic carbocycles. The number of alkyl halides is 3. The number of benzene rings is 1. The molecule has 1 nitrogen and oxygen atoms in total. The fourth-order valence-electron chi connectivity index (χ4n) is 1.02. The lowest BCUT2D eigenvalue weighted by Crippen LogP contribution is -2.06. The van der Waals surface area contributed by atoms with Crippen molar-refractivity contribution in [3.05, 3.63) is 34.3 Å². The van der Waals surface area contributed by atoms with Crippen LogP contribution in [0.4, 0.5) is 13.2 Å². The number of rotatable bonds is 1. The van der Waals surface area contributed by atoms with E-state index in [1.54, 1.807) is 0 Å². The van der Waals surface area contributed by atoms with E-state index in [2.05, 4.69) is 0 Å². The minimum atomic E-state index is -4.45. The van der Waals surface area contributed by atoms with Crippen molar-refractivity contribution in [2.45, 2.75) is 19.2 Å². The monoisotopic (exact) mass is 224 g/mol. The summed E-state index contributed by atoms with van der Waals surface area (Å²) in [6.45, 7) is 1.46. The van der Waals surface area contributed by atoms with Gasteiger partial charge in [-0.05, 0) is 24.6 Å². The fraction of sp³-hybridized carbons (Fsp3) is 0.333. The van der Waals surface area contributed by atoms with E-state index in [1.165, 1.54) is 13.0 Å². The first kappa shape index (κ1) is 11.3. The number of aliphatic hydroxyl groups excluding tert-OH is 1. The maximum absolute atomic E-state index is 12.2. The number of aliphatic hydroxyl groups is 1. The Morgan fingerprint density at radius 1 is 1.36 bits per heavy atom. The maximum Gasteiger partial charge on any atom is 0.417 e. The highest BCUT2D eigenvalue weighted by Gasteiger charge is 2.33. The molecule has 1 aromatic carbocycles. The van der Waals surface area contributed by atoms with Gasteiger partial charge in [-0.2, -0.15) is 13.2 Å². The second-order valence-electron chi connectivity index (χ2n) is 2.91. The Bertz CT molecular complexity index is 333. The average molecular weight is 225 g/mol. The van der Waals surface area contributed by atoms with Crippen LogP contribution in [0.2, 0.25) is 5.02 Å². The molecule has 0 aliphatic heterocycles. The molecule has 0 bridgehead atoms. The first-order valence-electron chi connectivity index (χ1n) is 3.87. The normalized spacial score (nSPS) is 14.1. The molecule has 0 saturated carbocycles. The lowest BCUT2D eigenvalue weighted by molar-refractivity contribution is -0.137. The second-order valence-corrected chi connectivity index (χ2v) is 3.32. The summed E-state index contributed by atoms with van der Waals surface area (Å²) in [5.74, 6) is 0. The Hall–Kier alpha value is -0.740. The van der Waals surface area contributed by atoms with Gasteiger partial charge >= 0.3 is 6.18 Å². The van der Waals surface area contributed by atoms with E-state index in [-0.39, 0.29) is 0 Å². The van der Waals surface area contributed by atoms with Crippen LogP contribution in [-0.4, -0.2) is 5.11 Å². The SMILES string of the molecule is C[C@@H](O)c1ccc(C(F)(F)F)c(Cl)c1. The van der Waals surface area contributed by atoms with Crippen LogP contribution in [0.1, 0.15) is 24.2 Å². The molecule has 0 aliphatic rings. The van der Waals surface area contributed by atoms with Crippen LogP contribution in [0.25, 0.3) is 0 Å². The topological polar surface area (TPSA) is 20.2 Å². The Morgan fingerprint density at radius 3 is 2.29 bits per heavy atom. The van der Waals surface area contributed by atoms with Crippen molar-refractivity contribution in [3.8, 4) is 0 Å². The zero-order valence-corrected chi connectivity index (χ0v) is 8.02. The molecule has 0 unspecified atom stereocenters. The summed E-state index contributed by atoms with van der Waals surface area (Å²) < 4.78 is 36.7. The number of hydrogen-bond acceptors (Lipinski definition) is 1. The van der Waals surface area contributed by atoms with E-state index in [0.717, 1.165) is 12.1 Å². The Morgan fingerprint density at radius 2 is 1.93 bits per heavy atom. The summed E-state index contributed by atoms with van der Waals surface area (Å²) >= 11 is 5.43. The second kappa shape index (κ2) is 3.79. The van der Waals surface area contributed by atoms with Crippen molar-refractivity contribution in [2.75, 3.05) is 0 Å². The zero-order chi connectivity index (χ0) is 10.9. The molecule has 0 radical (unpaired) electrons. The standard InChI is InChI=1S/C9H8ClF3O/c1-5(14)6-2-3-7(8(10)4-6)9(11,12)13/h2-5,14H,1H3/t5-/m1/s1. The van der Waals surface area contributed by atoms with Gasteiger partial charge in [0.25, 0.3) is 0 Å². The maximum atomic E-state index is 12.2. The van der Waals surface area contributed by atoms with Gasteiger partial charge in [-0.1, -0.05) is 17.7 Å². The van der Waals surface area contributed by atoms with Gasteiger partial charge in [-0.25, -0.2) is 0 Å². The van der Waals surface area contributed by atoms with Crippen LogP contribution >= 0.6 is 11.6 Å². The third-order valence-corrected chi connectivity index (χ3v) is 2.09. The lowest BCUT2D eigenvalue weighted by atomic mass is 10.1. The van der Waals surface area contributed by atoms with Crippen LogP contribution < -0.4 is 0 Å². The third kappa shape index (κ3) is 2.39. The van der Waals surface area contributed by atoms with Crippen molar-refractivity contribution in [3.63, 3.8) is 0 Å². The molecular weight excluding hydrogens is 217 g/mol. The van der Waals surface area contributed by atoms with Crippen molar-refractivity contribution in [1.29, 1.82) is 0 Å². The van der Waals surface area contributed by atoms with Gasteiger partial charge < -0.3 is 5.11 Å². The molecule has 14 heavy (non-hydrogen) atoms. The zero-order valence-electron chi connectivity index (χ0n) is 7.27. The minimum Gasteiger partial charge on any atom is -0.389 e. The molecule has 0 amide bonds. The molecule has 78 valence electrons. The highest BCUT2D eigenvalue weighted by atomic mass is 35.5. The first-order valence-corrected chi connectivity index (χ1v) is 4.25. The van der Waals surface area contributed by atoms with E-state index in [0.29, 0.717) is 5.56 Å². The highest BCUT2D eigenvalue weighted by Crippen LogP contribution is 2.35. The summed E-state index contributed by atoms with van der Waals surface area (Å²) in [6.07, 6.45) is -5.27. The van der Waals surface area contributed by atoms with E-state index in [9.17, 15) is 13.2 Å².